The summed E-state index contributed by atoms with van der Waals surface area (Å²) in [6.07, 6.45) is 7.44. The summed E-state index contributed by atoms with van der Waals surface area (Å²) >= 11 is 0.611. The molecule has 0 aromatic rings. The van der Waals surface area contributed by atoms with Gasteiger partial charge in [-0.1, -0.05) is 39.0 Å². The third-order valence-electron chi connectivity index (χ3n) is 1.89. The van der Waals surface area contributed by atoms with E-state index in [1.807, 2.05) is 0 Å². The molecule has 0 atom stereocenters. The van der Waals surface area contributed by atoms with E-state index in [4.69, 9.17) is 3.80 Å². The maximum absolute atomic E-state index is 8.28. The SMILES string of the molecule is CC1CCCCC1.[O]=[AlH]. The fourth-order valence-corrected chi connectivity index (χ4v) is 1.31. The van der Waals surface area contributed by atoms with Crippen molar-refractivity contribution in [1.82, 2.24) is 0 Å². The molecule has 1 nitrogen and oxygen atoms in total. The molecule has 1 rings (SSSR count). The van der Waals surface area contributed by atoms with Crippen molar-refractivity contribution in [1.29, 1.82) is 0 Å². The Balaban J connectivity index is 0.000000291. The Labute approximate surface area is 65.5 Å². The van der Waals surface area contributed by atoms with Gasteiger partial charge in [-0.2, -0.15) is 0 Å². The quantitative estimate of drug-likeness (QED) is 0.471. The average molecular weight is 142 g/mol. The van der Waals surface area contributed by atoms with Gasteiger partial charge in [-0.05, 0) is 5.92 Å². The molecule has 1 fully saturated rings. The van der Waals surface area contributed by atoms with Gasteiger partial charge in [-0.3, -0.25) is 0 Å². The zero-order chi connectivity index (χ0) is 7.11. The molecule has 1 saturated carbocycles. The third-order valence-corrected chi connectivity index (χ3v) is 1.89. The van der Waals surface area contributed by atoms with Crippen LogP contribution in [0.2, 0.25) is 0 Å². The van der Waals surface area contributed by atoms with Gasteiger partial charge in [-0.25, -0.2) is 0 Å². The second-order valence-corrected chi connectivity index (χ2v) is 2.74. The summed E-state index contributed by atoms with van der Waals surface area (Å²) in [5.41, 5.74) is 0. The van der Waals surface area contributed by atoms with Crippen LogP contribution in [0.25, 0.3) is 0 Å². The van der Waals surface area contributed by atoms with Crippen molar-refractivity contribution in [2.75, 3.05) is 0 Å². The van der Waals surface area contributed by atoms with Gasteiger partial charge < -0.3 is 0 Å². The summed E-state index contributed by atoms with van der Waals surface area (Å²) in [5.74, 6) is 1.04. The van der Waals surface area contributed by atoms with Crippen molar-refractivity contribution >= 4 is 16.2 Å². The van der Waals surface area contributed by atoms with Crippen molar-refractivity contribution in [2.45, 2.75) is 39.0 Å². The molecule has 0 bridgehead atoms. The molecule has 0 aromatic carbocycles. The molecule has 9 heavy (non-hydrogen) atoms. The second kappa shape index (κ2) is 6.45. The molecule has 0 aromatic heterocycles. The minimum atomic E-state index is 0.611. The molecule has 52 valence electrons. The van der Waals surface area contributed by atoms with Gasteiger partial charge in [0.15, 0.2) is 0 Å². The Bertz CT molecular complexity index is 59.9. The summed E-state index contributed by atoms with van der Waals surface area (Å²) in [6.45, 7) is 2.36. The molecule has 0 radical (unpaired) electrons. The van der Waals surface area contributed by atoms with Gasteiger partial charge in [0, 0.05) is 0 Å². The van der Waals surface area contributed by atoms with Crippen LogP contribution in [-0.4, -0.2) is 16.2 Å². The fourth-order valence-electron chi connectivity index (χ4n) is 1.31. The molecule has 0 N–H and O–H groups in total. The standard InChI is InChI=1S/C7H14.Al.O.H/c1-7-5-3-2-4-6-7;;;/h7H,2-6H2,1H3;;;. The predicted molar refractivity (Wildman–Crippen MR) is 40.1 cm³/mol. The fraction of sp³-hybridized carbons (Fsp3) is 1.00. The summed E-state index contributed by atoms with van der Waals surface area (Å²) in [7, 11) is 0. The summed E-state index contributed by atoms with van der Waals surface area (Å²) in [6, 6.07) is 0. The summed E-state index contributed by atoms with van der Waals surface area (Å²) in [5, 5.41) is 0. The van der Waals surface area contributed by atoms with Crippen molar-refractivity contribution < 1.29 is 3.80 Å². The molecule has 1 aliphatic rings. The van der Waals surface area contributed by atoms with E-state index in [0.717, 1.165) is 5.92 Å². The molecule has 0 unspecified atom stereocenters. The monoisotopic (exact) mass is 142 g/mol. The zero-order valence-corrected chi connectivity index (χ0v) is 7.64. The minimum absolute atomic E-state index is 0.611. The Morgan fingerprint density at radius 2 is 1.56 bits per heavy atom. The van der Waals surface area contributed by atoms with Crippen molar-refractivity contribution in [2.24, 2.45) is 5.92 Å². The normalized spacial score (nSPS) is 20.0. The van der Waals surface area contributed by atoms with Gasteiger partial charge in [-0.15, -0.1) is 0 Å². The molecule has 0 amide bonds. The first-order valence-electron chi connectivity index (χ1n) is 3.68. The molecular weight excluding hydrogens is 127 g/mol. The van der Waals surface area contributed by atoms with Crippen molar-refractivity contribution in [3.05, 3.63) is 0 Å². The molecule has 0 spiro atoms. The van der Waals surface area contributed by atoms with Crippen molar-refractivity contribution in [3.63, 3.8) is 0 Å². The van der Waals surface area contributed by atoms with E-state index in [-0.39, 0.29) is 0 Å². The van der Waals surface area contributed by atoms with Crippen molar-refractivity contribution in [3.8, 4) is 0 Å². The Morgan fingerprint density at radius 3 is 1.78 bits per heavy atom. The molecular formula is C7H15AlO. The molecule has 0 aliphatic heterocycles. The summed E-state index contributed by atoms with van der Waals surface area (Å²) in [4.78, 5) is 0. The van der Waals surface area contributed by atoms with Crippen LogP contribution in [-0.2, 0) is 3.80 Å². The predicted octanol–water partition coefficient (Wildman–Crippen LogP) is 1.82. The Kier molecular flexibility index (Phi) is 6.69. The molecule has 2 heteroatoms. The molecule has 0 saturated heterocycles. The third kappa shape index (κ3) is 4.81. The van der Waals surface area contributed by atoms with E-state index >= 15 is 0 Å². The van der Waals surface area contributed by atoms with Crippen LogP contribution < -0.4 is 0 Å². The van der Waals surface area contributed by atoms with Gasteiger partial charge in [0.1, 0.15) is 0 Å². The van der Waals surface area contributed by atoms with Crippen LogP contribution in [0.4, 0.5) is 0 Å². The van der Waals surface area contributed by atoms with Gasteiger partial charge in [0.05, 0.1) is 0 Å². The first-order chi connectivity index (χ1) is 4.39. The molecule has 0 heterocycles. The Hall–Kier alpha value is 0.332. The van der Waals surface area contributed by atoms with Crippen LogP contribution >= 0.6 is 0 Å². The van der Waals surface area contributed by atoms with Crippen LogP contribution in [0, 0.1) is 5.92 Å². The van der Waals surface area contributed by atoms with Crippen LogP contribution in [0.3, 0.4) is 0 Å². The van der Waals surface area contributed by atoms with Gasteiger partial charge in [0.2, 0.25) is 0 Å². The molecule has 1 aliphatic carbocycles. The topological polar surface area (TPSA) is 17.1 Å². The van der Waals surface area contributed by atoms with E-state index in [0.29, 0.717) is 16.2 Å². The van der Waals surface area contributed by atoms with E-state index in [1.165, 1.54) is 32.1 Å². The van der Waals surface area contributed by atoms with Crippen LogP contribution in [0.5, 0.6) is 0 Å². The van der Waals surface area contributed by atoms with Crippen LogP contribution in [0.15, 0.2) is 0 Å². The first-order valence-corrected chi connectivity index (χ1v) is 4.26. The second-order valence-electron chi connectivity index (χ2n) is 2.74. The van der Waals surface area contributed by atoms with E-state index in [2.05, 4.69) is 6.92 Å². The van der Waals surface area contributed by atoms with E-state index < -0.39 is 0 Å². The Morgan fingerprint density at radius 1 is 1.11 bits per heavy atom. The maximum atomic E-state index is 8.28. The van der Waals surface area contributed by atoms with E-state index in [1.54, 1.807) is 0 Å². The number of hydrogen-bond acceptors (Lipinski definition) is 1. The van der Waals surface area contributed by atoms with Gasteiger partial charge in [0.25, 0.3) is 0 Å². The first kappa shape index (κ1) is 9.33. The number of rotatable bonds is 0. The van der Waals surface area contributed by atoms with E-state index in [9.17, 15) is 0 Å². The zero-order valence-electron chi connectivity index (χ0n) is 6.23. The number of hydrogen-bond donors (Lipinski definition) is 0. The summed E-state index contributed by atoms with van der Waals surface area (Å²) < 4.78 is 8.28. The van der Waals surface area contributed by atoms with Gasteiger partial charge >= 0.3 is 20.0 Å². The van der Waals surface area contributed by atoms with Crippen LogP contribution in [0.1, 0.15) is 39.0 Å². The average Bonchev–Trinajstić information content (AvgIpc) is 1.94.